The van der Waals surface area contributed by atoms with Crippen molar-refractivity contribution >= 4 is 27.2 Å². The van der Waals surface area contributed by atoms with Crippen LogP contribution in [0.5, 0.6) is 0 Å². The Balaban J connectivity index is 1.80. The highest BCUT2D eigenvalue weighted by Gasteiger charge is 2.45. The van der Waals surface area contributed by atoms with Crippen LogP contribution in [-0.2, 0) is 15.4 Å². The Bertz CT molecular complexity index is 1030. The lowest BCUT2D eigenvalue weighted by atomic mass is 9.61. The molecule has 1 aromatic heterocycles. The van der Waals surface area contributed by atoms with Gasteiger partial charge in [-0.1, -0.05) is 37.2 Å². The monoisotopic (exact) mass is 442 g/mol. The van der Waals surface area contributed by atoms with Crippen molar-refractivity contribution in [1.82, 2.24) is 15.0 Å². The average molecular weight is 443 g/mol. The number of aromatic nitrogens is 1. The van der Waals surface area contributed by atoms with Crippen molar-refractivity contribution in [2.75, 3.05) is 13.6 Å². The van der Waals surface area contributed by atoms with Crippen LogP contribution in [0.4, 0.5) is 0 Å². The predicted octanol–water partition coefficient (Wildman–Crippen LogP) is 3.30. The second kappa shape index (κ2) is 9.65. The van der Waals surface area contributed by atoms with E-state index in [-0.39, 0.29) is 16.2 Å². The SMILES string of the molecule is CNC(=S)C1(c2cccnc2)CCCCC1CCNS(=O)(=O)c1cccc(C#N)c1. The Morgan fingerprint density at radius 1 is 1.33 bits per heavy atom. The summed E-state index contributed by atoms with van der Waals surface area (Å²) in [5.74, 6) is 0.198. The molecule has 6 nitrogen and oxygen atoms in total. The molecule has 2 N–H and O–H groups in total. The van der Waals surface area contributed by atoms with Gasteiger partial charge in [-0.25, -0.2) is 13.1 Å². The number of hydrogen-bond acceptors (Lipinski definition) is 5. The summed E-state index contributed by atoms with van der Waals surface area (Å²) in [4.78, 5) is 5.19. The molecule has 0 amide bonds. The summed E-state index contributed by atoms with van der Waals surface area (Å²) >= 11 is 5.77. The second-order valence-corrected chi connectivity index (χ2v) is 9.74. The quantitative estimate of drug-likeness (QED) is 0.639. The van der Waals surface area contributed by atoms with Gasteiger partial charge in [0, 0.05) is 31.4 Å². The lowest BCUT2D eigenvalue weighted by Crippen LogP contribution is -2.50. The number of hydrogen-bond donors (Lipinski definition) is 2. The minimum Gasteiger partial charge on any atom is -0.382 e. The molecule has 2 unspecified atom stereocenters. The van der Waals surface area contributed by atoms with E-state index >= 15 is 0 Å². The molecular formula is C22H26N4O2S2. The third-order valence-electron chi connectivity index (χ3n) is 5.94. The summed E-state index contributed by atoms with van der Waals surface area (Å²) in [7, 11) is -1.84. The number of thiocarbonyl (C=S) groups is 1. The van der Waals surface area contributed by atoms with Gasteiger partial charge in [-0.2, -0.15) is 5.26 Å². The molecule has 1 fully saturated rings. The third kappa shape index (κ3) is 4.53. The van der Waals surface area contributed by atoms with E-state index in [1.165, 1.54) is 12.1 Å². The van der Waals surface area contributed by atoms with Crippen molar-refractivity contribution < 1.29 is 8.42 Å². The van der Waals surface area contributed by atoms with Crippen LogP contribution >= 0.6 is 12.2 Å². The summed E-state index contributed by atoms with van der Waals surface area (Å²) < 4.78 is 28.1. The van der Waals surface area contributed by atoms with Gasteiger partial charge in [0.15, 0.2) is 0 Å². The van der Waals surface area contributed by atoms with E-state index < -0.39 is 10.0 Å². The Kier molecular flexibility index (Phi) is 7.19. The number of sulfonamides is 1. The van der Waals surface area contributed by atoms with E-state index in [2.05, 4.69) is 21.1 Å². The standard InChI is InChI=1S/C22H26N4O2S2/c1-24-21(29)22(19-8-5-12-25-16-19)11-3-2-7-18(22)10-13-26-30(27,28)20-9-4-6-17(14-20)15-23/h4-6,8-9,12,14,16,18,26H,2-3,7,10-11,13H2,1H3,(H,24,29). The van der Waals surface area contributed by atoms with Crippen LogP contribution < -0.4 is 10.0 Å². The summed E-state index contributed by atoms with van der Waals surface area (Å²) in [6, 6.07) is 12.0. The Morgan fingerprint density at radius 3 is 2.87 bits per heavy atom. The molecule has 3 rings (SSSR count). The van der Waals surface area contributed by atoms with Gasteiger partial charge in [0.2, 0.25) is 10.0 Å². The van der Waals surface area contributed by atoms with E-state index in [4.69, 9.17) is 17.5 Å². The fourth-order valence-corrected chi connectivity index (χ4v) is 5.96. The number of nitrogens with one attached hydrogen (secondary N) is 2. The van der Waals surface area contributed by atoms with Gasteiger partial charge in [0.1, 0.15) is 0 Å². The molecule has 1 aliphatic rings. The van der Waals surface area contributed by atoms with Gasteiger partial charge in [0.25, 0.3) is 0 Å². The maximum absolute atomic E-state index is 12.7. The van der Waals surface area contributed by atoms with Gasteiger partial charge in [0.05, 0.1) is 21.5 Å². The molecular weight excluding hydrogens is 416 g/mol. The van der Waals surface area contributed by atoms with E-state index in [1.54, 1.807) is 18.3 Å². The predicted molar refractivity (Wildman–Crippen MR) is 120 cm³/mol. The minimum atomic E-state index is -3.68. The third-order valence-corrected chi connectivity index (χ3v) is 7.96. The summed E-state index contributed by atoms with van der Waals surface area (Å²) in [6.07, 6.45) is 8.34. The minimum absolute atomic E-state index is 0.106. The maximum atomic E-state index is 12.7. The van der Waals surface area contributed by atoms with E-state index in [9.17, 15) is 8.42 Å². The molecule has 1 heterocycles. The lowest BCUT2D eigenvalue weighted by molar-refractivity contribution is 0.239. The average Bonchev–Trinajstić information content (AvgIpc) is 2.79. The molecule has 0 spiro atoms. The number of pyridine rings is 1. The molecule has 30 heavy (non-hydrogen) atoms. The van der Waals surface area contributed by atoms with Crippen molar-refractivity contribution in [3.05, 3.63) is 59.9 Å². The lowest BCUT2D eigenvalue weighted by Gasteiger charge is -2.45. The van der Waals surface area contributed by atoms with Crippen molar-refractivity contribution in [3.63, 3.8) is 0 Å². The van der Waals surface area contributed by atoms with Crippen LogP contribution in [0.15, 0.2) is 53.7 Å². The second-order valence-electron chi connectivity index (χ2n) is 7.56. The largest absolute Gasteiger partial charge is 0.382 e. The molecule has 1 aromatic carbocycles. The molecule has 1 saturated carbocycles. The van der Waals surface area contributed by atoms with Crippen molar-refractivity contribution in [2.24, 2.45) is 5.92 Å². The highest BCUT2D eigenvalue weighted by molar-refractivity contribution is 7.89. The molecule has 0 aliphatic heterocycles. The Morgan fingerprint density at radius 2 is 2.17 bits per heavy atom. The van der Waals surface area contributed by atoms with Crippen molar-refractivity contribution in [3.8, 4) is 6.07 Å². The smallest absolute Gasteiger partial charge is 0.240 e. The summed E-state index contributed by atoms with van der Waals surface area (Å²) in [6.45, 7) is 0.304. The molecule has 2 aromatic rings. The molecule has 2 atom stereocenters. The number of nitriles is 1. The van der Waals surface area contributed by atoms with Gasteiger partial charge in [-0.3, -0.25) is 4.98 Å². The van der Waals surface area contributed by atoms with Gasteiger partial charge < -0.3 is 5.32 Å². The van der Waals surface area contributed by atoms with E-state index in [0.717, 1.165) is 36.2 Å². The van der Waals surface area contributed by atoms with Crippen LogP contribution in [0, 0.1) is 17.2 Å². The summed E-state index contributed by atoms with van der Waals surface area (Å²) in [5, 5.41) is 12.2. The molecule has 0 saturated heterocycles. The van der Waals surface area contributed by atoms with Crippen molar-refractivity contribution in [2.45, 2.75) is 42.4 Å². The first kappa shape index (κ1) is 22.3. The molecule has 158 valence electrons. The number of benzene rings is 1. The topological polar surface area (TPSA) is 94.9 Å². The van der Waals surface area contributed by atoms with Crippen LogP contribution in [0.2, 0.25) is 0 Å². The molecule has 1 aliphatic carbocycles. The first-order valence-electron chi connectivity index (χ1n) is 10.1. The maximum Gasteiger partial charge on any atom is 0.240 e. The number of nitrogens with zero attached hydrogens (tertiary/aromatic N) is 2. The zero-order chi connectivity index (χ0) is 21.6. The normalized spacial score (nSPS) is 21.5. The van der Waals surface area contributed by atoms with Crippen LogP contribution in [-0.4, -0.2) is 32.0 Å². The van der Waals surface area contributed by atoms with Gasteiger partial charge in [-0.15, -0.1) is 0 Å². The Labute approximate surface area is 183 Å². The number of rotatable bonds is 7. The van der Waals surface area contributed by atoms with Gasteiger partial charge >= 0.3 is 0 Å². The first-order valence-corrected chi connectivity index (χ1v) is 12.0. The highest BCUT2D eigenvalue weighted by Crippen LogP contribution is 2.46. The zero-order valence-corrected chi connectivity index (χ0v) is 18.6. The fraction of sp³-hybridized carbons (Fsp3) is 0.409. The van der Waals surface area contributed by atoms with Crippen LogP contribution in [0.25, 0.3) is 0 Å². The zero-order valence-electron chi connectivity index (χ0n) is 17.0. The molecule has 0 bridgehead atoms. The van der Waals surface area contributed by atoms with E-state index in [0.29, 0.717) is 18.5 Å². The van der Waals surface area contributed by atoms with Crippen LogP contribution in [0.1, 0.15) is 43.2 Å². The fourth-order valence-electron chi connectivity index (χ4n) is 4.48. The number of likely N-dealkylation sites (N-methyl/N-ethyl adjacent to an activating group) is 1. The molecule has 8 heteroatoms. The summed E-state index contributed by atoms with van der Waals surface area (Å²) in [5.41, 5.74) is 1.06. The van der Waals surface area contributed by atoms with Gasteiger partial charge in [-0.05, 0) is 55.0 Å². The molecule has 0 radical (unpaired) electrons. The van der Waals surface area contributed by atoms with Crippen LogP contribution in [0.3, 0.4) is 0 Å². The Hall–Kier alpha value is -2.34. The first-order chi connectivity index (χ1) is 14.4. The van der Waals surface area contributed by atoms with Crippen molar-refractivity contribution in [1.29, 1.82) is 5.26 Å². The van der Waals surface area contributed by atoms with E-state index in [1.807, 2.05) is 25.4 Å². The highest BCUT2D eigenvalue weighted by atomic mass is 32.2.